The minimum absolute atomic E-state index is 0.0341. The number of carbonyl (C=O) groups excluding carboxylic acids is 1. The van der Waals surface area contributed by atoms with E-state index in [1.807, 2.05) is 18.2 Å². The van der Waals surface area contributed by atoms with Crippen LogP contribution < -0.4 is 14.8 Å². The molecule has 0 aliphatic carbocycles. The number of H-pyrrole nitrogens is 1. The summed E-state index contributed by atoms with van der Waals surface area (Å²) in [6, 6.07) is 5.68. The molecule has 1 saturated heterocycles. The fourth-order valence-electron chi connectivity index (χ4n) is 3.92. The number of benzene rings is 1. The van der Waals surface area contributed by atoms with Gasteiger partial charge in [-0.25, -0.2) is 8.42 Å². The number of ether oxygens (including phenoxy) is 2. The van der Waals surface area contributed by atoms with Crippen LogP contribution in [-0.4, -0.2) is 62.7 Å². The molecule has 2 aromatic rings. The zero-order chi connectivity index (χ0) is 22.6. The van der Waals surface area contributed by atoms with Crippen LogP contribution in [0.15, 0.2) is 23.1 Å². The SMILES string of the molecule is COc1ccc(CCNC(=O)C2CCN(S(=O)(=O)c3c(C)n[nH]c3C)CC2)cc1OC. The lowest BCUT2D eigenvalue weighted by Gasteiger charge is -2.30. The molecular formula is C21H30N4O5S. The topological polar surface area (TPSA) is 114 Å². The molecule has 0 saturated carbocycles. The second kappa shape index (κ2) is 9.69. The zero-order valence-corrected chi connectivity index (χ0v) is 19.2. The van der Waals surface area contributed by atoms with Crippen molar-refractivity contribution in [1.29, 1.82) is 0 Å². The van der Waals surface area contributed by atoms with Gasteiger partial charge in [0.25, 0.3) is 0 Å². The summed E-state index contributed by atoms with van der Waals surface area (Å²) in [5.41, 5.74) is 2.03. The van der Waals surface area contributed by atoms with Crippen molar-refractivity contribution in [1.82, 2.24) is 19.8 Å². The van der Waals surface area contributed by atoms with Gasteiger partial charge in [-0.05, 0) is 50.8 Å². The summed E-state index contributed by atoms with van der Waals surface area (Å²) in [7, 11) is -0.431. The number of hydrogen-bond acceptors (Lipinski definition) is 6. The molecule has 2 N–H and O–H groups in total. The van der Waals surface area contributed by atoms with Crippen LogP contribution in [0.2, 0.25) is 0 Å². The molecule has 0 radical (unpaired) electrons. The van der Waals surface area contributed by atoms with Gasteiger partial charge >= 0.3 is 0 Å². The van der Waals surface area contributed by atoms with Gasteiger partial charge in [-0.2, -0.15) is 9.40 Å². The van der Waals surface area contributed by atoms with E-state index >= 15 is 0 Å². The molecule has 31 heavy (non-hydrogen) atoms. The number of amides is 1. The number of nitrogens with zero attached hydrogens (tertiary/aromatic N) is 2. The number of piperidine rings is 1. The summed E-state index contributed by atoms with van der Waals surface area (Å²) in [6.07, 6.45) is 1.66. The maximum atomic E-state index is 12.9. The number of hydrogen-bond donors (Lipinski definition) is 2. The number of sulfonamides is 1. The van der Waals surface area contributed by atoms with Crippen LogP contribution in [0.3, 0.4) is 0 Å². The number of rotatable bonds is 8. The number of aromatic amines is 1. The lowest BCUT2D eigenvalue weighted by molar-refractivity contribution is -0.126. The fraction of sp³-hybridized carbons (Fsp3) is 0.524. The van der Waals surface area contributed by atoms with Gasteiger partial charge in [-0.3, -0.25) is 9.89 Å². The van der Waals surface area contributed by atoms with E-state index < -0.39 is 10.0 Å². The minimum Gasteiger partial charge on any atom is -0.493 e. The molecule has 9 nitrogen and oxygen atoms in total. The molecule has 0 unspecified atom stereocenters. The van der Waals surface area contributed by atoms with Crippen molar-refractivity contribution in [3.8, 4) is 11.5 Å². The largest absolute Gasteiger partial charge is 0.493 e. The average molecular weight is 451 g/mol. The molecule has 1 aliphatic heterocycles. The highest BCUT2D eigenvalue weighted by Gasteiger charge is 2.34. The van der Waals surface area contributed by atoms with E-state index in [0.29, 0.717) is 61.8 Å². The number of aryl methyl sites for hydroxylation is 2. The summed E-state index contributed by atoms with van der Waals surface area (Å²) in [6.45, 7) is 4.51. The highest BCUT2D eigenvalue weighted by molar-refractivity contribution is 7.89. The van der Waals surface area contributed by atoms with E-state index in [9.17, 15) is 13.2 Å². The lowest BCUT2D eigenvalue weighted by Crippen LogP contribution is -2.43. The van der Waals surface area contributed by atoms with E-state index in [1.54, 1.807) is 28.1 Å². The summed E-state index contributed by atoms with van der Waals surface area (Å²) in [5, 5.41) is 9.69. The number of carbonyl (C=O) groups is 1. The second-order valence-electron chi connectivity index (χ2n) is 7.67. The molecule has 0 bridgehead atoms. The normalized spacial score (nSPS) is 15.6. The summed E-state index contributed by atoms with van der Waals surface area (Å²) < 4.78 is 37.9. The maximum absolute atomic E-state index is 12.9. The number of methoxy groups -OCH3 is 2. The van der Waals surface area contributed by atoms with Crippen molar-refractivity contribution >= 4 is 15.9 Å². The van der Waals surface area contributed by atoms with Crippen molar-refractivity contribution in [3.63, 3.8) is 0 Å². The van der Waals surface area contributed by atoms with Gasteiger partial charge in [0.15, 0.2) is 11.5 Å². The first-order valence-electron chi connectivity index (χ1n) is 10.3. The predicted octanol–water partition coefficient (Wildman–Crippen LogP) is 1.80. The van der Waals surface area contributed by atoms with Crippen molar-refractivity contribution in [2.24, 2.45) is 5.92 Å². The van der Waals surface area contributed by atoms with Crippen molar-refractivity contribution in [2.75, 3.05) is 33.9 Å². The third kappa shape index (κ3) is 5.01. The van der Waals surface area contributed by atoms with E-state index in [2.05, 4.69) is 15.5 Å². The lowest BCUT2D eigenvalue weighted by atomic mass is 9.97. The van der Waals surface area contributed by atoms with Crippen LogP contribution in [0, 0.1) is 19.8 Å². The molecule has 1 aromatic carbocycles. The van der Waals surface area contributed by atoms with Gasteiger partial charge in [-0.15, -0.1) is 0 Å². The maximum Gasteiger partial charge on any atom is 0.246 e. The highest BCUT2D eigenvalue weighted by Crippen LogP contribution is 2.28. The first-order valence-corrected chi connectivity index (χ1v) is 11.7. The molecule has 10 heteroatoms. The molecule has 1 amide bonds. The highest BCUT2D eigenvalue weighted by atomic mass is 32.2. The van der Waals surface area contributed by atoms with Gasteiger partial charge in [0, 0.05) is 25.6 Å². The van der Waals surface area contributed by atoms with Gasteiger partial charge in [0.2, 0.25) is 15.9 Å². The van der Waals surface area contributed by atoms with Crippen LogP contribution in [0.5, 0.6) is 11.5 Å². The number of nitrogens with one attached hydrogen (secondary N) is 2. The second-order valence-corrected chi connectivity index (χ2v) is 9.55. The number of aromatic nitrogens is 2. The molecule has 2 heterocycles. The summed E-state index contributed by atoms with van der Waals surface area (Å²) >= 11 is 0. The van der Waals surface area contributed by atoms with Crippen molar-refractivity contribution < 1.29 is 22.7 Å². The Morgan fingerprint density at radius 1 is 1.19 bits per heavy atom. The molecule has 0 spiro atoms. The Bertz CT molecular complexity index is 1010. The molecule has 1 fully saturated rings. The van der Waals surface area contributed by atoms with Crippen LogP contribution in [-0.2, 0) is 21.2 Å². The average Bonchev–Trinajstić information content (AvgIpc) is 3.12. The van der Waals surface area contributed by atoms with Crippen LogP contribution >= 0.6 is 0 Å². The Kier molecular flexibility index (Phi) is 7.22. The van der Waals surface area contributed by atoms with Crippen molar-refractivity contribution in [3.05, 3.63) is 35.2 Å². The molecule has 0 atom stereocenters. The monoisotopic (exact) mass is 450 g/mol. The third-order valence-corrected chi connectivity index (χ3v) is 7.81. The van der Waals surface area contributed by atoms with Crippen LogP contribution in [0.25, 0.3) is 0 Å². The van der Waals surface area contributed by atoms with E-state index in [0.717, 1.165) is 5.56 Å². The Balaban J connectivity index is 1.51. The van der Waals surface area contributed by atoms with E-state index in [1.165, 1.54) is 4.31 Å². The third-order valence-electron chi connectivity index (χ3n) is 5.64. The van der Waals surface area contributed by atoms with Crippen LogP contribution in [0.4, 0.5) is 0 Å². The fourth-order valence-corrected chi connectivity index (χ4v) is 5.72. The van der Waals surface area contributed by atoms with Gasteiger partial charge in [0.1, 0.15) is 4.90 Å². The quantitative estimate of drug-likeness (QED) is 0.634. The standard InChI is InChI=1S/C21H30N4O5S/c1-14-20(15(2)24-23-14)31(27,28)25-11-8-17(9-12-25)21(26)22-10-7-16-5-6-18(29-3)19(13-16)30-4/h5-6,13,17H,7-12H2,1-4H3,(H,22,26)(H,23,24). The zero-order valence-electron chi connectivity index (χ0n) is 18.4. The molecule has 1 aromatic heterocycles. The van der Waals surface area contributed by atoms with Crippen LogP contribution in [0.1, 0.15) is 29.8 Å². The first-order chi connectivity index (χ1) is 14.8. The van der Waals surface area contributed by atoms with Gasteiger partial charge < -0.3 is 14.8 Å². The molecule has 170 valence electrons. The van der Waals surface area contributed by atoms with Crippen molar-refractivity contribution in [2.45, 2.75) is 38.0 Å². The Morgan fingerprint density at radius 2 is 1.87 bits per heavy atom. The minimum atomic E-state index is -3.61. The first kappa shape index (κ1) is 23.1. The van der Waals surface area contributed by atoms with Gasteiger partial charge in [0.05, 0.1) is 25.6 Å². The smallest absolute Gasteiger partial charge is 0.246 e. The summed E-state index contributed by atoms with van der Waals surface area (Å²) in [4.78, 5) is 12.8. The predicted molar refractivity (Wildman–Crippen MR) is 116 cm³/mol. The van der Waals surface area contributed by atoms with Gasteiger partial charge in [-0.1, -0.05) is 6.07 Å². The van der Waals surface area contributed by atoms with E-state index in [-0.39, 0.29) is 16.7 Å². The molecule has 3 rings (SSSR count). The summed E-state index contributed by atoms with van der Waals surface area (Å²) in [5.74, 6) is 1.09. The Labute approximate surface area is 183 Å². The van der Waals surface area contributed by atoms with E-state index in [4.69, 9.17) is 9.47 Å². The Hall–Kier alpha value is -2.59. The molecular weight excluding hydrogens is 420 g/mol. The Morgan fingerprint density at radius 3 is 2.45 bits per heavy atom. The molecule has 1 aliphatic rings.